The molecule has 1 aliphatic rings. The average molecular weight is 304 g/mol. The molecule has 0 radical (unpaired) electrons. The second-order valence-corrected chi connectivity index (χ2v) is 5.31. The third kappa shape index (κ3) is 3.99. The first-order chi connectivity index (χ1) is 10.1. The molecule has 1 N–H and O–H groups in total. The summed E-state index contributed by atoms with van der Waals surface area (Å²) in [6.07, 6.45) is 3.63. The molecule has 1 heterocycles. The minimum atomic E-state index is -0.476. The van der Waals surface area contributed by atoms with Gasteiger partial charge in [0, 0.05) is 17.7 Å². The van der Waals surface area contributed by atoms with E-state index in [0.29, 0.717) is 17.2 Å². The van der Waals surface area contributed by atoms with E-state index in [0.717, 1.165) is 0 Å². The van der Waals surface area contributed by atoms with Gasteiger partial charge in [-0.1, -0.05) is 30.0 Å². The number of thioether (sulfide) groups is 1. The summed E-state index contributed by atoms with van der Waals surface area (Å²) >= 11 is 1.28. The number of benzene rings is 1. The molecule has 1 aromatic rings. The molecule has 0 saturated carbocycles. The lowest BCUT2D eigenvalue weighted by Crippen LogP contribution is -2.24. The van der Waals surface area contributed by atoms with E-state index in [1.54, 1.807) is 18.2 Å². The van der Waals surface area contributed by atoms with E-state index in [2.05, 4.69) is 22.1 Å². The molecular weight excluding hydrogens is 292 g/mol. The molecule has 0 aliphatic carbocycles. The lowest BCUT2D eigenvalue weighted by atomic mass is 10.2. The SMILES string of the molecule is C=CCC1SC(=NN=Cc2cccc([N+](=O)[O-])c2)NC1=O. The Balaban J connectivity index is 2.04. The topological polar surface area (TPSA) is 97.0 Å². The molecule has 1 amide bonds. The maximum absolute atomic E-state index is 11.5. The van der Waals surface area contributed by atoms with E-state index in [-0.39, 0.29) is 16.8 Å². The maximum atomic E-state index is 11.5. The Labute approximate surface area is 125 Å². The van der Waals surface area contributed by atoms with Crippen molar-refractivity contribution >= 4 is 34.7 Å². The number of nitrogens with zero attached hydrogens (tertiary/aromatic N) is 3. The predicted molar refractivity (Wildman–Crippen MR) is 82.5 cm³/mol. The predicted octanol–water partition coefficient (Wildman–Crippen LogP) is 2.09. The van der Waals surface area contributed by atoms with Gasteiger partial charge in [-0.2, -0.15) is 5.10 Å². The van der Waals surface area contributed by atoms with Crippen LogP contribution in [0.5, 0.6) is 0 Å². The fourth-order valence-electron chi connectivity index (χ4n) is 1.63. The molecule has 0 spiro atoms. The number of nitro benzene ring substituents is 1. The smallest absolute Gasteiger partial charge is 0.270 e. The Morgan fingerprint density at radius 3 is 3.05 bits per heavy atom. The highest BCUT2D eigenvalue weighted by Gasteiger charge is 2.28. The van der Waals surface area contributed by atoms with Crippen LogP contribution in [0.2, 0.25) is 0 Å². The Hall–Kier alpha value is -2.48. The van der Waals surface area contributed by atoms with Crippen molar-refractivity contribution < 1.29 is 9.72 Å². The van der Waals surface area contributed by atoms with Crippen molar-refractivity contribution in [1.82, 2.24) is 5.32 Å². The van der Waals surface area contributed by atoms with Gasteiger partial charge in [0.2, 0.25) is 5.91 Å². The molecule has 0 aromatic heterocycles. The normalized spacial score (nSPS) is 19.9. The van der Waals surface area contributed by atoms with Crippen LogP contribution in [0.15, 0.2) is 47.1 Å². The molecule has 1 aliphatic heterocycles. The summed E-state index contributed by atoms with van der Waals surface area (Å²) in [4.78, 5) is 21.7. The van der Waals surface area contributed by atoms with Crippen LogP contribution in [-0.4, -0.2) is 27.5 Å². The molecule has 1 aromatic carbocycles. The molecule has 2 rings (SSSR count). The van der Waals surface area contributed by atoms with Gasteiger partial charge in [-0.05, 0) is 6.42 Å². The van der Waals surface area contributed by atoms with Crippen LogP contribution in [0.3, 0.4) is 0 Å². The highest BCUT2D eigenvalue weighted by atomic mass is 32.2. The van der Waals surface area contributed by atoms with Crippen molar-refractivity contribution in [2.24, 2.45) is 10.2 Å². The number of hydrogen-bond donors (Lipinski definition) is 1. The van der Waals surface area contributed by atoms with Gasteiger partial charge in [0.15, 0.2) is 5.17 Å². The lowest BCUT2D eigenvalue weighted by Gasteiger charge is -1.97. The van der Waals surface area contributed by atoms with Gasteiger partial charge in [-0.3, -0.25) is 14.9 Å². The van der Waals surface area contributed by atoms with Crippen molar-refractivity contribution in [1.29, 1.82) is 0 Å². The van der Waals surface area contributed by atoms with Gasteiger partial charge in [0.25, 0.3) is 5.69 Å². The Morgan fingerprint density at radius 1 is 1.52 bits per heavy atom. The van der Waals surface area contributed by atoms with Crippen molar-refractivity contribution in [3.05, 3.63) is 52.6 Å². The number of nitro groups is 1. The van der Waals surface area contributed by atoms with Crippen LogP contribution < -0.4 is 5.32 Å². The number of carbonyl (C=O) groups excluding carboxylic acids is 1. The summed E-state index contributed by atoms with van der Waals surface area (Å²) in [5, 5.41) is 21.2. The summed E-state index contributed by atoms with van der Waals surface area (Å²) in [5.41, 5.74) is 0.548. The lowest BCUT2D eigenvalue weighted by molar-refractivity contribution is -0.384. The molecule has 108 valence electrons. The molecule has 1 saturated heterocycles. The molecular formula is C13H12N4O3S. The fourth-order valence-corrected chi connectivity index (χ4v) is 2.55. The van der Waals surface area contributed by atoms with E-state index in [1.165, 1.54) is 30.1 Å². The first-order valence-electron chi connectivity index (χ1n) is 6.04. The Morgan fingerprint density at radius 2 is 2.33 bits per heavy atom. The van der Waals surface area contributed by atoms with Crippen molar-refractivity contribution in [2.75, 3.05) is 0 Å². The number of amidine groups is 1. The van der Waals surface area contributed by atoms with E-state index >= 15 is 0 Å². The van der Waals surface area contributed by atoms with Gasteiger partial charge in [0.05, 0.1) is 16.4 Å². The average Bonchev–Trinajstić information content (AvgIpc) is 2.80. The fraction of sp³-hybridized carbons (Fsp3) is 0.154. The third-order valence-corrected chi connectivity index (χ3v) is 3.69. The number of amides is 1. The molecule has 0 bridgehead atoms. The van der Waals surface area contributed by atoms with Crippen LogP contribution >= 0.6 is 11.8 Å². The largest absolute Gasteiger partial charge is 0.303 e. The quantitative estimate of drug-likeness (QED) is 0.390. The van der Waals surface area contributed by atoms with E-state index in [1.807, 2.05) is 0 Å². The second kappa shape index (κ2) is 6.80. The molecule has 8 heteroatoms. The number of hydrogen-bond acceptors (Lipinski definition) is 6. The molecule has 1 unspecified atom stereocenters. The summed E-state index contributed by atoms with van der Waals surface area (Å²) in [7, 11) is 0. The van der Waals surface area contributed by atoms with E-state index < -0.39 is 4.92 Å². The number of non-ortho nitro benzene ring substituents is 1. The summed E-state index contributed by atoms with van der Waals surface area (Å²) in [5.74, 6) is -0.121. The first kappa shape index (κ1) is 14.9. The van der Waals surface area contributed by atoms with Gasteiger partial charge in [0.1, 0.15) is 0 Å². The van der Waals surface area contributed by atoms with Crippen LogP contribution in [0, 0.1) is 10.1 Å². The Kier molecular flexibility index (Phi) is 4.83. The number of nitrogens with one attached hydrogen (secondary N) is 1. The zero-order valence-electron chi connectivity index (χ0n) is 10.9. The minimum Gasteiger partial charge on any atom is -0.303 e. The van der Waals surface area contributed by atoms with Crippen molar-refractivity contribution in [2.45, 2.75) is 11.7 Å². The Bertz CT molecular complexity index is 642. The summed E-state index contributed by atoms with van der Waals surface area (Å²) in [6.45, 7) is 3.59. The van der Waals surface area contributed by atoms with Crippen LogP contribution in [-0.2, 0) is 4.79 Å². The summed E-state index contributed by atoms with van der Waals surface area (Å²) < 4.78 is 0. The monoisotopic (exact) mass is 304 g/mol. The molecule has 1 fully saturated rings. The van der Waals surface area contributed by atoms with Gasteiger partial charge in [-0.15, -0.1) is 11.7 Å². The van der Waals surface area contributed by atoms with Crippen LogP contribution in [0.4, 0.5) is 5.69 Å². The number of rotatable bonds is 5. The third-order valence-electron chi connectivity index (χ3n) is 2.59. The van der Waals surface area contributed by atoms with Gasteiger partial charge < -0.3 is 5.32 Å². The van der Waals surface area contributed by atoms with Gasteiger partial charge in [-0.25, -0.2) is 0 Å². The standard InChI is InChI=1S/C13H12N4O3S/c1-2-4-11-12(18)15-13(21-11)16-14-8-9-5-3-6-10(7-9)17(19)20/h2-3,5-8,11H,1,4H2,(H,15,16,18). The molecule has 21 heavy (non-hydrogen) atoms. The number of allylic oxidation sites excluding steroid dienone is 1. The molecule has 1 atom stereocenters. The zero-order chi connectivity index (χ0) is 15.2. The van der Waals surface area contributed by atoms with E-state index in [9.17, 15) is 14.9 Å². The van der Waals surface area contributed by atoms with Crippen LogP contribution in [0.1, 0.15) is 12.0 Å². The zero-order valence-corrected chi connectivity index (χ0v) is 11.7. The highest BCUT2D eigenvalue weighted by molar-refractivity contribution is 8.15. The van der Waals surface area contributed by atoms with Crippen LogP contribution in [0.25, 0.3) is 0 Å². The molecule has 7 nitrogen and oxygen atoms in total. The minimum absolute atomic E-state index is 0.0128. The van der Waals surface area contributed by atoms with Crippen molar-refractivity contribution in [3.63, 3.8) is 0 Å². The van der Waals surface area contributed by atoms with E-state index in [4.69, 9.17) is 0 Å². The first-order valence-corrected chi connectivity index (χ1v) is 6.92. The summed E-state index contributed by atoms with van der Waals surface area (Å²) in [6, 6.07) is 6.04. The number of carbonyl (C=O) groups is 1. The maximum Gasteiger partial charge on any atom is 0.270 e. The second-order valence-electron chi connectivity index (χ2n) is 4.12. The van der Waals surface area contributed by atoms with Gasteiger partial charge >= 0.3 is 0 Å². The highest BCUT2D eigenvalue weighted by Crippen LogP contribution is 2.22. The van der Waals surface area contributed by atoms with Crippen molar-refractivity contribution in [3.8, 4) is 0 Å².